The fourth-order valence-corrected chi connectivity index (χ4v) is 5.34. The molecule has 2 aromatic carbocycles. The van der Waals surface area contributed by atoms with Gasteiger partial charge in [0.2, 0.25) is 0 Å². The Morgan fingerprint density at radius 3 is 2.52 bits per heavy atom. The first kappa shape index (κ1) is 29.5. The Morgan fingerprint density at radius 1 is 0.975 bits per heavy atom. The number of benzene rings is 2. The van der Waals surface area contributed by atoms with Crippen LogP contribution in [-0.2, 0) is 35.5 Å². The molecule has 2 N–H and O–H groups in total. The molecule has 0 saturated heterocycles. The summed E-state index contributed by atoms with van der Waals surface area (Å²) in [5, 5.41) is 1.10. The van der Waals surface area contributed by atoms with E-state index in [9.17, 15) is 4.79 Å². The smallest absolute Gasteiger partial charge is 0.309 e. The molecule has 0 amide bonds. The van der Waals surface area contributed by atoms with E-state index in [1.54, 1.807) is 0 Å². The molecule has 0 radical (unpaired) electrons. The van der Waals surface area contributed by atoms with Crippen LogP contribution in [0.4, 0.5) is 5.82 Å². The highest BCUT2D eigenvalue weighted by molar-refractivity contribution is 6.06. The Morgan fingerprint density at radius 2 is 1.75 bits per heavy atom. The van der Waals surface area contributed by atoms with E-state index >= 15 is 0 Å². The summed E-state index contributed by atoms with van der Waals surface area (Å²) in [6, 6.07) is 16.5. The maximum atomic E-state index is 11.8. The Balaban J connectivity index is 1.55. The van der Waals surface area contributed by atoms with Crippen molar-refractivity contribution in [3.63, 3.8) is 0 Å². The largest absolute Gasteiger partial charge is 0.469 e. The molecule has 0 aliphatic carbocycles. The van der Waals surface area contributed by atoms with E-state index in [-0.39, 0.29) is 5.97 Å². The van der Waals surface area contributed by atoms with Gasteiger partial charge in [-0.2, -0.15) is 0 Å². The van der Waals surface area contributed by atoms with Crippen molar-refractivity contribution in [3.05, 3.63) is 65.5 Å². The summed E-state index contributed by atoms with van der Waals surface area (Å²) >= 11 is 0. The van der Waals surface area contributed by atoms with Gasteiger partial charge >= 0.3 is 5.97 Å². The van der Waals surface area contributed by atoms with Gasteiger partial charge in [0.05, 0.1) is 24.6 Å². The van der Waals surface area contributed by atoms with Crippen LogP contribution in [0.25, 0.3) is 21.9 Å². The van der Waals surface area contributed by atoms with Gasteiger partial charge in [0, 0.05) is 31.4 Å². The fourth-order valence-electron chi connectivity index (χ4n) is 5.34. The van der Waals surface area contributed by atoms with Crippen LogP contribution in [0.5, 0.6) is 0 Å². The van der Waals surface area contributed by atoms with Gasteiger partial charge in [0.15, 0.2) is 5.82 Å². The van der Waals surface area contributed by atoms with E-state index in [1.807, 2.05) is 24.3 Å². The Kier molecular flexibility index (Phi) is 10.5. The third-order valence-electron chi connectivity index (χ3n) is 7.35. The molecule has 0 aliphatic heterocycles. The number of aryl methyl sites for hydroxylation is 2. The monoisotopic (exact) mass is 544 g/mol. The van der Waals surface area contributed by atoms with Gasteiger partial charge in [-0.3, -0.25) is 9.69 Å². The fraction of sp³-hybridized carbons (Fsp3) is 0.469. The van der Waals surface area contributed by atoms with Gasteiger partial charge in [-0.15, -0.1) is 0 Å². The first-order valence-electron chi connectivity index (χ1n) is 14.4. The summed E-state index contributed by atoms with van der Waals surface area (Å²) in [5.41, 5.74) is 11.4. The minimum atomic E-state index is -0.213. The average molecular weight is 545 g/mol. The number of esters is 1. The predicted octanol–water partition coefficient (Wildman–Crippen LogP) is 5.07. The minimum absolute atomic E-state index is 0.213. The number of methoxy groups -OCH3 is 1. The number of carbonyl (C=O) groups is 1. The molecular formula is C32H44N6O2. The minimum Gasteiger partial charge on any atom is -0.469 e. The molecule has 2 heterocycles. The van der Waals surface area contributed by atoms with E-state index < -0.39 is 0 Å². The van der Waals surface area contributed by atoms with Crippen molar-refractivity contribution in [2.75, 3.05) is 46.6 Å². The van der Waals surface area contributed by atoms with E-state index in [0.717, 1.165) is 98.2 Å². The number of anilines is 1. The SMILES string of the molecule is CCCCc1nc2c(N)nc3ccccc3c2n1CCCN(CCCN(C)C)Cc1cccc(CC(=O)OC)c1. The van der Waals surface area contributed by atoms with Crippen molar-refractivity contribution in [2.24, 2.45) is 0 Å². The number of pyridine rings is 1. The van der Waals surface area contributed by atoms with Gasteiger partial charge in [-0.25, -0.2) is 9.97 Å². The van der Waals surface area contributed by atoms with Gasteiger partial charge in [-0.05, 0) is 63.6 Å². The van der Waals surface area contributed by atoms with Crippen LogP contribution in [-0.4, -0.2) is 71.1 Å². The molecule has 214 valence electrons. The average Bonchev–Trinajstić information content (AvgIpc) is 3.31. The molecule has 0 aliphatic rings. The number of fused-ring (bicyclic) bond motifs is 3. The van der Waals surface area contributed by atoms with Crippen molar-refractivity contribution >= 4 is 33.7 Å². The lowest BCUT2D eigenvalue weighted by Crippen LogP contribution is -2.29. The van der Waals surface area contributed by atoms with Crippen LogP contribution in [0.2, 0.25) is 0 Å². The highest BCUT2D eigenvalue weighted by Crippen LogP contribution is 2.29. The third-order valence-corrected chi connectivity index (χ3v) is 7.35. The number of carbonyl (C=O) groups excluding carboxylic acids is 1. The van der Waals surface area contributed by atoms with Crippen LogP contribution in [0.3, 0.4) is 0 Å². The summed E-state index contributed by atoms with van der Waals surface area (Å²) in [7, 11) is 5.67. The number of nitrogen functional groups attached to an aromatic ring is 1. The number of nitrogens with zero attached hydrogens (tertiary/aromatic N) is 5. The number of hydrogen-bond acceptors (Lipinski definition) is 7. The Labute approximate surface area is 238 Å². The molecule has 0 spiro atoms. The van der Waals surface area contributed by atoms with Gasteiger partial charge < -0.3 is 19.9 Å². The maximum Gasteiger partial charge on any atom is 0.309 e. The Bertz CT molecular complexity index is 1410. The second kappa shape index (κ2) is 14.2. The van der Waals surface area contributed by atoms with Crippen molar-refractivity contribution < 1.29 is 9.53 Å². The normalized spacial score (nSPS) is 11.8. The van der Waals surface area contributed by atoms with E-state index in [2.05, 4.69) is 64.6 Å². The maximum absolute atomic E-state index is 11.8. The first-order chi connectivity index (χ1) is 19.4. The lowest BCUT2D eigenvalue weighted by atomic mass is 10.1. The van der Waals surface area contributed by atoms with Gasteiger partial charge in [0.25, 0.3) is 0 Å². The molecule has 0 fully saturated rings. The molecule has 2 aromatic heterocycles. The molecule has 0 atom stereocenters. The lowest BCUT2D eigenvalue weighted by Gasteiger charge is -2.24. The number of rotatable bonds is 15. The van der Waals surface area contributed by atoms with Crippen LogP contribution < -0.4 is 5.73 Å². The molecule has 0 saturated carbocycles. The predicted molar refractivity (Wildman–Crippen MR) is 163 cm³/mol. The van der Waals surface area contributed by atoms with E-state index in [0.29, 0.717) is 12.2 Å². The summed E-state index contributed by atoms with van der Waals surface area (Å²) in [4.78, 5) is 26.2. The number of nitrogens with two attached hydrogens (primary N) is 1. The molecule has 4 aromatic rings. The van der Waals surface area contributed by atoms with Gasteiger partial charge in [0.1, 0.15) is 11.3 Å². The molecule has 4 rings (SSSR count). The molecule has 0 unspecified atom stereocenters. The Hall–Kier alpha value is -3.49. The molecule has 8 nitrogen and oxygen atoms in total. The van der Waals surface area contributed by atoms with Crippen molar-refractivity contribution in [3.8, 4) is 0 Å². The summed E-state index contributed by atoms with van der Waals surface area (Å²) < 4.78 is 7.25. The standard InChI is InChI=1S/C32H44N6O2/c1-5-6-16-28-35-30-31(26-14-7-8-15-27(26)34-32(30)33)38(28)20-11-19-37(18-10-17-36(2)3)23-25-13-9-12-24(21-25)22-29(39)40-4/h7-9,12-15,21H,5-6,10-11,16-20,22-23H2,1-4H3,(H2,33,34). The quantitative estimate of drug-likeness (QED) is 0.209. The number of unbranched alkanes of at least 4 members (excludes halogenated alkanes) is 1. The number of hydrogen-bond donors (Lipinski definition) is 1. The number of para-hydroxylation sites is 1. The molecule has 0 bridgehead atoms. The second-order valence-electron chi connectivity index (χ2n) is 10.9. The van der Waals surface area contributed by atoms with Crippen molar-refractivity contribution in [1.82, 2.24) is 24.3 Å². The van der Waals surface area contributed by atoms with E-state index in [4.69, 9.17) is 15.5 Å². The third kappa shape index (κ3) is 7.58. The van der Waals surface area contributed by atoms with Crippen molar-refractivity contribution in [2.45, 2.75) is 58.5 Å². The molecule has 40 heavy (non-hydrogen) atoms. The van der Waals surface area contributed by atoms with Crippen LogP contribution in [0.15, 0.2) is 48.5 Å². The van der Waals surface area contributed by atoms with Gasteiger partial charge in [-0.1, -0.05) is 55.8 Å². The summed E-state index contributed by atoms with van der Waals surface area (Å²) in [5.74, 6) is 1.38. The van der Waals surface area contributed by atoms with Crippen LogP contribution in [0, 0.1) is 0 Å². The summed E-state index contributed by atoms with van der Waals surface area (Å²) in [6.07, 6.45) is 5.52. The van der Waals surface area contributed by atoms with Crippen LogP contribution >= 0.6 is 0 Å². The molecular weight excluding hydrogens is 500 g/mol. The number of imidazole rings is 1. The highest BCUT2D eigenvalue weighted by Gasteiger charge is 2.17. The highest BCUT2D eigenvalue weighted by atomic mass is 16.5. The summed E-state index contributed by atoms with van der Waals surface area (Å²) in [6.45, 7) is 6.94. The zero-order valence-electron chi connectivity index (χ0n) is 24.5. The lowest BCUT2D eigenvalue weighted by molar-refractivity contribution is -0.139. The number of aromatic nitrogens is 3. The van der Waals surface area contributed by atoms with Crippen molar-refractivity contribution in [1.29, 1.82) is 0 Å². The van der Waals surface area contributed by atoms with Crippen LogP contribution in [0.1, 0.15) is 49.6 Å². The number of ether oxygens (including phenoxy) is 1. The zero-order chi connectivity index (χ0) is 28.5. The molecule has 8 heteroatoms. The zero-order valence-corrected chi connectivity index (χ0v) is 24.5. The topological polar surface area (TPSA) is 89.5 Å². The second-order valence-corrected chi connectivity index (χ2v) is 10.9. The first-order valence-corrected chi connectivity index (χ1v) is 14.4. The van der Waals surface area contributed by atoms with E-state index in [1.165, 1.54) is 12.7 Å².